The molecule has 0 aliphatic heterocycles. The quantitative estimate of drug-likeness (QED) is 0.540. The summed E-state index contributed by atoms with van der Waals surface area (Å²) in [5.74, 6) is -0.0411. The first-order valence-electron chi connectivity index (χ1n) is 7.63. The van der Waals surface area contributed by atoms with Crippen molar-refractivity contribution in [1.82, 2.24) is 16.1 Å². The molecule has 7 nitrogen and oxygen atoms in total. The smallest absolute Gasteiger partial charge is 0.315 e. The molecule has 3 amide bonds. The van der Waals surface area contributed by atoms with E-state index in [1.807, 2.05) is 24.3 Å². The Balaban J connectivity index is 2.51. The summed E-state index contributed by atoms with van der Waals surface area (Å²) in [6.45, 7) is 5.82. The Morgan fingerprint density at radius 1 is 1.17 bits per heavy atom. The zero-order valence-electron chi connectivity index (χ0n) is 13.8. The summed E-state index contributed by atoms with van der Waals surface area (Å²) in [6.07, 6.45) is 0. The van der Waals surface area contributed by atoms with E-state index in [2.05, 4.69) is 30.0 Å². The van der Waals surface area contributed by atoms with Crippen molar-refractivity contribution in [3.8, 4) is 0 Å². The lowest BCUT2D eigenvalue weighted by Gasteiger charge is -2.18. The molecule has 0 bridgehead atoms. The van der Waals surface area contributed by atoms with E-state index < -0.39 is 18.0 Å². The minimum absolute atomic E-state index is 0.212. The van der Waals surface area contributed by atoms with Crippen LogP contribution in [0.1, 0.15) is 43.9 Å². The van der Waals surface area contributed by atoms with Crippen LogP contribution in [0.2, 0.25) is 0 Å². The standard InChI is InChI=1S/C16H25N3O4/c1-4-23-19-15(21)9-17-16(22)18-14(10-20)13-7-5-12(6-8-13)11(2)3/h5-8,11,14,20H,4,9-10H2,1-3H3,(H,19,21)(H2,17,18,22). The number of rotatable bonds is 8. The molecular weight excluding hydrogens is 298 g/mol. The monoisotopic (exact) mass is 323 g/mol. The maximum atomic E-state index is 11.8. The molecule has 0 aromatic heterocycles. The van der Waals surface area contributed by atoms with Crippen molar-refractivity contribution in [3.05, 3.63) is 35.4 Å². The molecule has 23 heavy (non-hydrogen) atoms. The van der Waals surface area contributed by atoms with Crippen LogP contribution in [0, 0.1) is 0 Å². The topological polar surface area (TPSA) is 99.7 Å². The van der Waals surface area contributed by atoms with Gasteiger partial charge in [0, 0.05) is 0 Å². The van der Waals surface area contributed by atoms with Crippen LogP contribution < -0.4 is 16.1 Å². The Bertz CT molecular complexity index is 503. The van der Waals surface area contributed by atoms with Crippen molar-refractivity contribution in [2.75, 3.05) is 19.8 Å². The van der Waals surface area contributed by atoms with Gasteiger partial charge in [-0.15, -0.1) is 0 Å². The number of aliphatic hydroxyl groups excluding tert-OH is 1. The van der Waals surface area contributed by atoms with Crippen LogP contribution in [0.3, 0.4) is 0 Å². The highest BCUT2D eigenvalue weighted by molar-refractivity contribution is 5.83. The zero-order valence-corrected chi connectivity index (χ0v) is 13.8. The van der Waals surface area contributed by atoms with Gasteiger partial charge in [-0.1, -0.05) is 38.1 Å². The Morgan fingerprint density at radius 2 is 1.78 bits per heavy atom. The number of hydrogen-bond donors (Lipinski definition) is 4. The van der Waals surface area contributed by atoms with Crippen LogP contribution in [-0.2, 0) is 9.63 Å². The number of nitrogens with one attached hydrogen (secondary N) is 3. The maximum absolute atomic E-state index is 11.8. The van der Waals surface area contributed by atoms with Gasteiger partial charge in [0.1, 0.15) is 6.54 Å². The molecule has 0 spiro atoms. The summed E-state index contributed by atoms with van der Waals surface area (Å²) in [5, 5.41) is 14.5. The fourth-order valence-corrected chi connectivity index (χ4v) is 1.91. The van der Waals surface area contributed by atoms with Crippen LogP contribution in [0.15, 0.2) is 24.3 Å². The average molecular weight is 323 g/mol. The van der Waals surface area contributed by atoms with E-state index in [-0.39, 0.29) is 13.2 Å². The number of hydroxylamine groups is 1. The average Bonchev–Trinajstić information content (AvgIpc) is 2.56. The SMILES string of the molecule is CCONC(=O)CNC(=O)NC(CO)c1ccc(C(C)C)cc1. The largest absolute Gasteiger partial charge is 0.394 e. The van der Waals surface area contributed by atoms with Crippen molar-refractivity contribution >= 4 is 11.9 Å². The Hall–Kier alpha value is -2.12. The van der Waals surface area contributed by atoms with Crippen molar-refractivity contribution in [3.63, 3.8) is 0 Å². The Labute approximate surface area is 136 Å². The second-order valence-corrected chi connectivity index (χ2v) is 5.34. The summed E-state index contributed by atoms with van der Waals surface area (Å²) < 4.78 is 0. The lowest BCUT2D eigenvalue weighted by atomic mass is 9.99. The number of urea groups is 1. The van der Waals surface area contributed by atoms with E-state index in [4.69, 9.17) is 4.84 Å². The van der Waals surface area contributed by atoms with Gasteiger partial charge in [0.2, 0.25) is 0 Å². The van der Waals surface area contributed by atoms with Crippen LogP contribution in [0.5, 0.6) is 0 Å². The van der Waals surface area contributed by atoms with Gasteiger partial charge in [-0.2, -0.15) is 0 Å². The van der Waals surface area contributed by atoms with E-state index >= 15 is 0 Å². The molecule has 0 fully saturated rings. The van der Waals surface area contributed by atoms with Gasteiger partial charge in [0.15, 0.2) is 0 Å². The van der Waals surface area contributed by atoms with Crippen LogP contribution >= 0.6 is 0 Å². The Kier molecular flexibility index (Phi) is 8.07. The molecule has 0 heterocycles. The molecule has 0 aliphatic rings. The zero-order chi connectivity index (χ0) is 17.2. The van der Waals surface area contributed by atoms with Crippen LogP contribution in [-0.4, -0.2) is 36.8 Å². The highest BCUT2D eigenvalue weighted by Crippen LogP contribution is 2.18. The van der Waals surface area contributed by atoms with E-state index in [1.165, 1.54) is 5.56 Å². The Morgan fingerprint density at radius 3 is 2.30 bits per heavy atom. The maximum Gasteiger partial charge on any atom is 0.315 e. The molecule has 7 heteroatoms. The van der Waals surface area contributed by atoms with Gasteiger partial charge >= 0.3 is 6.03 Å². The van der Waals surface area contributed by atoms with E-state index in [0.717, 1.165) is 5.56 Å². The number of carbonyl (C=O) groups is 2. The fraction of sp³-hybridized carbons (Fsp3) is 0.500. The molecule has 0 saturated carbocycles. The molecule has 1 unspecified atom stereocenters. The molecule has 128 valence electrons. The summed E-state index contributed by atoms with van der Waals surface area (Å²) in [4.78, 5) is 27.8. The van der Waals surface area contributed by atoms with Crippen molar-refractivity contribution in [2.24, 2.45) is 0 Å². The molecule has 1 rings (SSSR count). The van der Waals surface area contributed by atoms with Crippen molar-refractivity contribution in [2.45, 2.75) is 32.7 Å². The van der Waals surface area contributed by atoms with Gasteiger partial charge in [-0.25, -0.2) is 10.3 Å². The van der Waals surface area contributed by atoms with Gasteiger partial charge < -0.3 is 15.7 Å². The summed E-state index contributed by atoms with van der Waals surface area (Å²) >= 11 is 0. The van der Waals surface area contributed by atoms with Crippen LogP contribution in [0.4, 0.5) is 4.79 Å². The first-order valence-corrected chi connectivity index (χ1v) is 7.63. The summed E-state index contributed by atoms with van der Waals surface area (Å²) in [6, 6.07) is 6.61. The minimum Gasteiger partial charge on any atom is -0.394 e. The van der Waals surface area contributed by atoms with Crippen molar-refractivity contribution < 1.29 is 19.5 Å². The molecule has 0 saturated heterocycles. The van der Waals surface area contributed by atoms with Gasteiger partial charge in [0.05, 0.1) is 19.3 Å². The van der Waals surface area contributed by atoms with Gasteiger partial charge in [0.25, 0.3) is 5.91 Å². The third kappa shape index (κ3) is 6.66. The third-order valence-corrected chi connectivity index (χ3v) is 3.23. The highest BCUT2D eigenvalue weighted by Gasteiger charge is 2.14. The van der Waals surface area contributed by atoms with E-state index in [9.17, 15) is 14.7 Å². The van der Waals surface area contributed by atoms with Crippen LogP contribution in [0.25, 0.3) is 0 Å². The van der Waals surface area contributed by atoms with Gasteiger partial charge in [-0.05, 0) is 24.0 Å². The normalized spacial score (nSPS) is 11.9. The number of benzene rings is 1. The lowest BCUT2D eigenvalue weighted by Crippen LogP contribution is -2.43. The summed E-state index contributed by atoms with van der Waals surface area (Å²) in [7, 11) is 0. The fourth-order valence-electron chi connectivity index (χ4n) is 1.91. The molecule has 1 atom stereocenters. The molecule has 1 aromatic carbocycles. The van der Waals surface area contributed by atoms with E-state index in [1.54, 1.807) is 6.92 Å². The molecule has 0 radical (unpaired) electrons. The molecule has 1 aromatic rings. The second-order valence-electron chi connectivity index (χ2n) is 5.34. The highest BCUT2D eigenvalue weighted by atomic mass is 16.6. The second kappa shape index (κ2) is 9.81. The minimum atomic E-state index is -0.538. The third-order valence-electron chi connectivity index (χ3n) is 3.23. The van der Waals surface area contributed by atoms with Gasteiger partial charge in [-0.3, -0.25) is 9.63 Å². The molecule has 0 aliphatic carbocycles. The molecular formula is C16H25N3O4. The van der Waals surface area contributed by atoms with Crippen molar-refractivity contribution in [1.29, 1.82) is 0 Å². The lowest BCUT2D eigenvalue weighted by molar-refractivity contribution is -0.132. The number of hydrogen-bond acceptors (Lipinski definition) is 4. The predicted molar refractivity (Wildman–Crippen MR) is 86.7 cm³/mol. The number of carbonyl (C=O) groups excluding carboxylic acids is 2. The first kappa shape index (κ1) is 18.9. The summed E-state index contributed by atoms with van der Waals surface area (Å²) in [5.41, 5.74) is 4.15. The van der Waals surface area contributed by atoms with E-state index in [0.29, 0.717) is 12.5 Å². The predicted octanol–water partition coefficient (Wildman–Crippen LogP) is 1.21. The first-order chi connectivity index (χ1) is 11.0. The number of aliphatic hydroxyl groups is 1. The molecule has 4 N–H and O–H groups in total. The number of amides is 3.